The molecule has 3 heterocycles. The highest BCUT2D eigenvalue weighted by Gasteiger charge is 2.26. The van der Waals surface area contributed by atoms with Gasteiger partial charge in [-0.1, -0.05) is 0 Å². The van der Waals surface area contributed by atoms with Gasteiger partial charge in [0.25, 0.3) is 5.91 Å². The van der Waals surface area contributed by atoms with Crippen LogP contribution in [-0.2, 0) is 7.05 Å². The second-order valence-corrected chi connectivity index (χ2v) is 5.60. The number of piperazine rings is 1. The van der Waals surface area contributed by atoms with E-state index in [1.807, 2.05) is 13.8 Å². The van der Waals surface area contributed by atoms with Crippen molar-refractivity contribution in [3.63, 3.8) is 0 Å². The van der Waals surface area contributed by atoms with Crippen molar-refractivity contribution < 1.29 is 4.79 Å². The van der Waals surface area contributed by atoms with Crippen LogP contribution in [0.25, 0.3) is 0 Å². The van der Waals surface area contributed by atoms with Gasteiger partial charge in [0.05, 0.1) is 11.4 Å². The Bertz CT molecular complexity index is 787. The summed E-state index contributed by atoms with van der Waals surface area (Å²) in [5.74, 6) is 0.690. The largest absolute Gasteiger partial charge is 0.352 e. The van der Waals surface area contributed by atoms with Crippen LogP contribution in [0, 0.1) is 13.8 Å². The Morgan fingerprint density at radius 2 is 1.91 bits per heavy atom. The summed E-state index contributed by atoms with van der Waals surface area (Å²) in [7, 11) is 1.51. The molecule has 1 aliphatic heterocycles. The second kappa shape index (κ2) is 5.82. The van der Waals surface area contributed by atoms with Crippen molar-refractivity contribution in [1.29, 1.82) is 0 Å². The number of carbonyl (C=O) groups is 1. The first-order chi connectivity index (χ1) is 11.0. The smallest absolute Gasteiger partial charge is 0.343 e. The Kier molecular flexibility index (Phi) is 3.85. The van der Waals surface area contributed by atoms with Gasteiger partial charge in [-0.3, -0.25) is 14.8 Å². The Hall–Kier alpha value is -2.71. The fourth-order valence-corrected chi connectivity index (χ4v) is 2.59. The summed E-state index contributed by atoms with van der Waals surface area (Å²) < 4.78 is 1.12. The average Bonchev–Trinajstić information content (AvgIpc) is 2.88. The third kappa shape index (κ3) is 2.94. The van der Waals surface area contributed by atoms with Crippen molar-refractivity contribution in [1.82, 2.24) is 29.6 Å². The molecule has 0 atom stereocenters. The zero-order chi connectivity index (χ0) is 16.6. The number of aromatic amines is 1. The van der Waals surface area contributed by atoms with Crippen molar-refractivity contribution in [2.75, 3.05) is 31.1 Å². The highest BCUT2D eigenvalue weighted by atomic mass is 16.2. The van der Waals surface area contributed by atoms with Crippen molar-refractivity contribution in [2.45, 2.75) is 13.8 Å². The van der Waals surface area contributed by atoms with E-state index in [-0.39, 0.29) is 11.7 Å². The lowest BCUT2D eigenvalue weighted by Gasteiger charge is -2.35. The lowest BCUT2D eigenvalue weighted by atomic mass is 10.2. The van der Waals surface area contributed by atoms with Gasteiger partial charge in [-0.2, -0.15) is 0 Å². The molecule has 2 aromatic rings. The van der Waals surface area contributed by atoms with Gasteiger partial charge in [0.1, 0.15) is 5.82 Å². The third-order valence-corrected chi connectivity index (χ3v) is 3.89. The topological polar surface area (TPSA) is 100 Å². The van der Waals surface area contributed by atoms with E-state index in [1.54, 1.807) is 11.1 Å². The van der Waals surface area contributed by atoms with Crippen LogP contribution in [-0.4, -0.2) is 61.7 Å². The maximum Gasteiger partial charge on any atom is 0.343 e. The number of aromatic nitrogens is 5. The SMILES string of the molecule is Cc1cnc(C)c(N2CCN(C(=O)c3nn(C)c(=O)[nH]3)CC2)n1. The molecule has 0 spiro atoms. The summed E-state index contributed by atoms with van der Waals surface area (Å²) in [4.78, 5) is 38.9. The van der Waals surface area contributed by atoms with Gasteiger partial charge in [0.15, 0.2) is 0 Å². The maximum absolute atomic E-state index is 12.4. The first-order valence-corrected chi connectivity index (χ1v) is 7.43. The molecule has 9 heteroatoms. The molecule has 9 nitrogen and oxygen atoms in total. The van der Waals surface area contributed by atoms with Crippen LogP contribution in [0.4, 0.5) is 5.82 Å². The van der Waals surface area contributed by atoms with E-state index in [0.29, 0.717) is 26.2 Å². The Balaban J connectivity index is 1.69. The van der Waals surface area contributed by atoms with Crippen LogP contribution in [0.15, 0.2) is 11.0 Å². The maximum atomic E-state index is 12.4. The van der Waals surface area contributed by atoms with Crippen LogP contribution in [0.1, 0.15) is 22.0 Å². The molecular formula is C14H19N7O2. The molecule has 1 saturated heterocycles. The molecular weight excluding hydrogens is 298 g/mol. The number of nitrogens with one attached hydrogen (secondary N) is 1. The standard InChI is InChI=1S/C14H19N7O2/c1-9-8-15-10(2)12(16-9)20-4-6-21(7-5-20)13(22)11-17-14(23)19(3)18-11/h8H,4-7H2,1-3H3,(H,17,18,23). The van der Waals surface area contributed by atoms with Crippen molar-refractivity contribution in [3.8, 4) is 0 Å². The average molecular weight is 317 g/mol. The molecule has 0 radical (unpaired) electrons. The molecule has 0 aliphatic carbocycles. The van der Waals surface area contributed by atoms with Gasteiger partial charge in [-0.05, 0) is 13.8 Å². The molecule has 0 saturated carbocycles. The highest BCUT2D eigenvalue weighted by molar-refractivity contribution is 5.90. The number of aryl methyl sites for hydroxylation is 3. The molecule has 3 rings (SSSR count). The van der Waals surface area contributed by atoms with Gasteiger partial charge in [-0.25, -0.2) is 14.5 Å². The molecule has 1 fully saturated rings. The molecule has 1 N–H and O–H groups in total. The monoisotopic (exact) mass is 317 g/mol. The van der Waals surface area contributed by atoms with Crippen molar-refractivity contribution in [2.24, 2.45) is 7.05 Å². The zero-order valence-electron chi connectivity index (χ0n) is 13.4. The van der Waals surface area contributed by atoms with Crippen molar-refractivity contribution in [3.05, 3.63) is 33.9 Å². The lowest BCUT2D eigenvalue weighted by molar-refractivity contribution is 0.0734. The second-order valence-electron chi connectivity index (χ2n) is 5.60. The minimum atomic E-state index is -0.391. The number of nitrogens with zero attached hydrogens (tertiary/aromatic N) is 6. The fourth-order valence-electron chi connectivity index (χ4n) is 2.59. The molecule has 122 valence electrons. The third-order valence-electron chi connectivity index (χ3n) is 3.89. The Morgan fingerprint density at radius 1 is 1.22 bits per heavy atom. The summed E-state index contributed by atoms with van der Waals surface area (Å²) in [6.07, 6.45) is 1.75. The van der Waals surface area contributed by atoms with Gasteiger partial charge in [0.2, 0.25) is 5.82 Å². The molecule has 1 amide bonds. The van der Waals surface area contributed by atoms with E-state index < -0.39 is 5.69 Å². The number of amides is 1. The number of hydrogen-bond donors (Lipinski definition) is 1. The van der Waals surface area contributed by atoms with Gasteiger partial charge < -0.3 is 9.80 Å². The minimum absolute atomic E-state index is 0.0810. The number of H-pyrrole nitrogens is 1. The van der Waals surface area contributed by atoms with Crippen LogP contribution in [0.3, 0.4) is 0 Å². The predicted octanol–water partition coefficient (Wildman–Crippen LogP) is -0.522. The van der Waals surface area contributed by atoms with E-state index >= 15 is 0 Å². The van der Waals surface area contributed by atoms with Gasteiger partial charge in [0, 0.05) is 39.4 Å². The van der Waals surface area contributed by atoms with Crippen molar-refractivity contribution >= 4 is 11.7 Å². The zero-order valence-corrected chi connectivity index (χ0v) is 13.4. The number of hydrogen-bond acceptors (Lipinski definition) is 6. The molecule has 2 aromatic heterocycles. The molecule has 0 bridgehead atoms. The molecule has 0 aromatic carbocycles. The predicted molar refractivity (Wildman–Crippen MR) is 83.5 cm³/mol. The summed E-state index contributed by atoms with van der Waals surface area (Å²) in [6.45, 7) is 6.27. The molecule has 0 unspecified atom stereocenters. The normalized spacial score (nSPS) is 15.1. The summed E-state index contributed by atoms with van der Waals surface area (Å²) in [5.41, 5.74) is 1.36. The fraction of sp³-hybridized carbons (Fsp3) is 0.500. The van der Waals surface area contributed by atoms with Crippen LogP contribution >= 0.6 is 0 Å². The Morgan fingerprint density at radius 3 is 2.52 bits per heavy atom. The van der Waals surface area contributed by atoms with Crippen LogP contribution in [0.2, 0.25) is 0 Å². The quantitative estimate of drug-likeness (QED) is 0.800. The molecule has 1 aliphatic rings. The summed E-state index contributed by atoms with van der Waals surface area (Å²) in [5, 5.41) is 3.91. The number of carbonyl (C=O) groups excluding carboxylic acids is 1. The lowest BCUT2D eigenvalue weighted by Crippen LogP contribution is -2.49. The van der Waals surface area contributed by atoms with Crippen LogP contribution in [0.5, 0.6) is 0 Å². The first kappa shape index (κ1) is 15.2. The number of anilines is 1. The first-order valence-electron chi connectivity index (χ1n) is 7.43. The van der Waals surface area contributed by atoms with E-state index in [2.05, 4.69) is 25.0 Å². The van der Waals surface area contributed by atoms with Crippen LogP contribution < -0.4 is 10.6 Å². The summed E-state index contributed by atoms with van der Waals surface area (Å²) in [6, 6.07) is 0. The number of rotatable bonds is 2. The van der Waals surface area contributed by atoms with E-state index in [0.717, 1.165) is 21.9 Å². The van der Waals surface area contributed by atoms with E-state index in [1.165, 1.54) is 7.05 Å². The highest BCUT2D eigenvalue weighted by Crippen LogP contribution is 2.17. The van der Waals surface area contributed by atoms with Gasteiger partial charge in [-0.15, -0.1) is 5.10 Å². The minimum Gasteiger partial charge on any atom is -0.352 e. The van der Waals surface area contributed by atoms with Gasteiger partial charge >= 0.3 is 5.69 Å². The summed E-state index contributed by atoms with van der Waals surface area (Å²) >= 11 is 0. The Labute approximate surface area is 133 Å². The van der Waals surface area contributed by atoms with E-state index in [4.69, 9.17) is 0 Å². The molecule has 23 heavy (non-hydrogen) atoms. The van der Waals surface area contributed by atoms with E-state index in [9.17, 15) is 9.59 Å².